The second-order valence-electron chi connectivity index (χ2n) is 8.19. The van der Waals surface area contributed by atoms with Crippen molar-refractivity contribution in [1.29, 1.82) is 0 Å². The fourth-order valence-corrected chi connectivity index (χ4v) is 4.37. The zero-order valence-corrected chi connectivity index (χ0v) is 13.7. The molecule has 2 aromatic heterocycles. The van der Waals surface area contributed by atoms with Crippen LogP contribution in [0.1, 0.15) is 52.5 Å². The predicted molar refractivity (Wildman–Crippen MR) is 87.2 cm³/mol. The van der Waals surface area contributed by atoms with Gasteiger partial charge in [-0.2, -0.15) is 5.10 Å². The van der Waals surface area contributed by atoms with E-state index in [0.717, 1.165) is 6.54 Å². The summed E-state index contributed by atoms with van der Waals surface area (Å²) in [5.41, 5.74) is 3.36. The molecule has 2 aromatic rings. The van der Waals surface area contributed by atoms with Gasteiger partial charge in [0, 0.05) is 24.3 Å². The van der Waals surface area contributed by atoms with Gasteiger partial charge in [-0.15, -0.1) is 0 Å². The number of pyridine rings is 1. The zero-order chi connectivity index (χ0) is 15.1. The van der Waals surface area contributed by atoms with Crippen LogP contribution in [0.4, 0.5) is 0 Å². The quantitative estimate of drug-likeness (QED) is 0.922. The zero-order valence-electron chi connectivity index (χ0n) is 13.7. The van der Waals surface area contributed by atoms with Gasteiger partial charge in [-0.1, -0.05) is 33.8 Å². The van der Waals surface area contributed by atoms with Crippen LogP contribution < -0.4 is 5.32 Å². The Kier molecular flexibility index (Phi) is 3.56. The summed E-state index contributed by atoms with van der Waals surface area (Å²) in [6, 6.07) is 6.83. The van der Waals surface area contributed by atoms with Crippen LogP contribution in [0, 0.1) is 10.8 Å². The molecule has 0 radical (unpaired) electrons. The lowest BCUT2D eigenvalue weighted by Gasteiger charge is -2.45. The summed E-state index contributed by atoms with van der Waals surface area (Å²) in [5.74, 6) is 0. The van der Waals surface area contributed by atoms with Gasteiger partial charge >= 0.3 is 0 Å². The average molecular weight is 285 g/mol. The lowest BCUT2D eigenvalue weighted by Crippen LogP contribution is -2.43. The maximum atomic E-state index is 4.42. The summed E-state index contributed by atoms with van der Waals surface area (Å²) < 4.78 is 1.95. The predicted octanol–water partition coefficient (Wildman–Crippen LogP) is 4.03. The summed E-state index contributed by atoms with van der Waals surface area (Å²) in [6.45, 7) is 10.5. The Balaban J connectivity index is 1.70. The van der Waals surface area contributed by atoms with Crippen LogP contribution in [-0.4, -0.2) is 15.7 Å². The molecule has 0 unspecified atom stereocenters. The number of hydrogen-bond donors (Lipinski definition) is 1. The molecule has 1 fully saturated rings. The van der Waals surface area contributed by atoms with Gasteiger partial charge in [0.1, 0.15) is 0 Å². The molecule has 1 N–H and O–H groups in total. The smallest absolute Gasteiger partial charge is 0.0706 e. The van der Waals surface area contributed by atoms with Crippen LogP contribution in [0.3, 0.4) is 0 Å². The summed E-state index contributed by atoms with van der Waals surface area (Å²) in [5, 5.41) is 8.19. The molecule has 0 spiro atoms. The van der Waals surface area contributed by atoms with Crippen molar-refractivity contribution < 1.29 is 0 Å². The Labute approximate surface area is 127 Å². The van der Waals surface area contributed by atoms with Crippen LogP contribution in [-0.2, 0) is 6.54 Å². The Morgan fingerprint density at radius 2 is 1.90 bits per heavy atom. The Bertz CT molecular complexity index is 608. The maximum Gasteiger partial charge on any atom is 0.0706 e. The first-order valence-corrected chi connectivity index (χ1v) is 7.99. The van der Waals surface area contributed by atoms with E-state index in [9.17, 15) is 0 Å². The van der Waals surface area contributed by atoms with Crippen molar-refractivity contribution in [3.63, 3.8) is 0 Å². The SMILES string of the molecule is CC1(C)CC(NCc2cnn3ccccc23)CC(C)(C)C1. The fourth-order valence-electron chi connectivity index (χ4n) is 4.37. The topological polar surface area (TPSA) is 29.3 Å². The van der Waals surface area contributed by atoms with E-state index in [4.69, 9.17) is 0 Å². The first-order valence-electron chi connectivity index (χ1n) is 7.99. The lowest BCUT2D eigenvalue weighted by atomic mass is 9.63. The van der Waals surface area contributed by atoms with E-state index >= 15 is 0 Å². The van der Waals surface area contributed by atoms with Gasteiger partial charge in [0.25, 0.3) is 0 Å². The minimum absolute atomic E-state index is 0.431. The number of rotatable bonds is 3. The van der Waals surface area contributed by atoms with Crippen LogP contribution in [0.25, 0.3) is 5.52 Å². The van der Waals surface area contributed by atoms with Gasteiger partial charge < -0.3 is 5.32 Å². The summed E-state index contributed by atoms with van der Waals surface area (Å²) in [6.07, 6.45) is 7.83. The molecule has 2 heterocycles. The molecule has 1 saturated carbocycles. The minimum atomic E-state index is 0.431. The van der Waals surface area contributed by atoms with Crippen molar-refractivity contribution in [1.82, 2.24) is 14.9 Å². The number of nitrogens with zero attached hydrogens (tertiary/aromatic N) is 2. The third-order valence-corrected chi connectivity index (χ3v) is 4.64. The van der Waals surface area contributed by atoms with Crippen molar-refractivity contribution in [2.75, 3.05) is 0 Å². The third kappa shape index (κ3) is 3.29. The second-order valence-corrected chi connectivity index (χ2v) is 8.19. The molecule has 0 atom stereocenters. The van der Waals surface area contributed by atoms with Crippen LogP contribution in [0.5, 0.6) is 0 Å². The summed E-state index contributed by atoms with van der Waals surface area (Å²) >= 11 is 0. The van der Waals surface area contributed by atoms with Gasteiger partial charge in [0.2, 0.25) is 0 Å². The van der Waals surface area contributed by atoms with Crippen LogP contribution >= 0.6 is 0 Å². The molecule has 1 aliphatic rings. The number of fused-ring (bicyclic) bond motifs is 1. The molecule has 3 rings (SSSR count). The Morgan fingerprint density at radius 1 is 1.19 bits per heavy atom. The number of nitrogens with one attached hydrogen (secondary N) is 1. The second kappa shape index (κ2) is 5.13. The van der Waals surface area contributed by atoms with Gasteiger partial charge in [0.15, 0.2) is 0 Å². The molecule has 0 saturated heterocycles. The first-order chi connectivity index (χ1) is 9.85. The van der Waals surface area contributed by atoms with Crippen LogP contribution in [0.15, 0.2) is 30.6 Å². The van der Waals surface area contributed by atoms with Gasteiger partial charge in [-0.05, 0) is 42.2 Å². The molecule has 1 aliphatic carbocycles. The lowest BCUT2D eigenvalue weighted by molar-refractivity contribution is 0.0845. The van der Waals surface area contributed by atoms with Crippen molar-refractivity contribution in [3.8, 4) is 0 Å². The first kappa shape index (κ1) is 14.6. The van der Waals surface area contributed by atoms with Crippen molar-refractivity contribution >= 4 is 5.52 Å². The van der Waals surface area contributed by atoms with E-state index in [1.165, 1.54) is 30.3 Å². The highest BCUT2D eigenvalue weighted by Gasteiger charge is 2.38. The van der Waals surface area contributed by atoms with E-state index in [2.05, 4.69) is 50.2 Å². The molecule has 0 bridgehead atoms. The van der Waals surface area contributed by atoms with E-state index < -0.39 is 0 Å². The largest absolute Gasteiger partial charge is 0.310 e. The third-order valence-electron chi connectivity index (χ3n) is 4.64. The molecular formula is C18H27N3. The molecule has 0 aromatic carbocycles. The van der Waals surface area contributed by atoms with Crippen molar-refractivity contribution in [2.24, 2.45) is 10.8 Å². The Morgan fingerprint density at radius 3 is 2.62 bits per heavy atom. The molecule has 0 amide bonds. The van der Waals surface area contributed by atoms with Gasteiger partial charge in [-0.3, -0.25) is 0 Å². The highest BCUT2D eigenvalue weighted by molar-refractivity contribution is 5.53. The van der Waals surface area contributed by atoms with E-state index in [-0.39, 0.29) is 0 Å². The highest BCUT2D eigenvalue weighted by atomic mass is 15.2. The van der Waals surface area contributed by atoms with E-state index in [0.29, 0.717) is 16.9 Å². The highest BCUT2D eigenvalue weighted by Crippen LogP contribution is 2.45. The Hall–Kier alpha value is -1.35. The molecule has 0 aliphatic heterocycles. The maximum absolute atomic E-state index is 4.42. The average Bonchev–Trinajstić information content (AvgIpc) is 2.76. The molecule has 21 heavy (non-hydrogen) atoms. The van der Waals surface area contributed by atoms with E-state index in [1.54, 1.807) is 0 Å². The molecular weight excluding hydrogens is 258 g/mol. The monoisotopic (exact) mass is 285 g/mol. The standard InChI is InChI=1S/C18H27N3/c1-17(2)9-15(10-18(3,4)13-17)19-11-14-12-20-21-8-6-5-7-16(14)21/h5-8,12,15,19H,9-11,13H2,1-4H3. The minimum Gasteiger partial charge on any atom is -0.310 e. The van der Waals surface area contributed by atoms with Crippen molar-refractivity contribution in [3.05, 3.63) is 36.2 Å². The summed E-state index contributed by atoms with van der Waals surface area (Å²) in [4.78, 5) is 0. The van der Waals surface area contributed by atoms with Crippen LogP contribution in [0.2, 0.25) is 0 Å². The molecule has 3 heteroatoms. The van der Waals surface area contributed by atoms with Gasteiger partial charge in [-0.25, -0.2) is 4.52 Å². The van der Waals surface area contributed by atoms with E-state index in [1.807, 2.05) is 23.0 Å². The fraction of sp³-hybridized carbons (Fsp3) is 0.611. The summed E-state index contributed by atoms with van der Waals surface area (Å²) in [7, 11) is 0. The van der Waals surface area contributed by atoms with Crippen molar-refractivity contribution in [2.45, 2.75) is 59.5 Å². The number of hydrogen-bond acceptors (Lipinski definition) is 2. The molecule has 3 nitrogen and oxygen atoms in total. The molecule has 114 valence electrons. The normalized spacial score (nSPS) is 21.7. The van der Waals surface area contributed by atoms with Gasteiger partial charge in [0.05, 0.1) is 11.7 Å². The number of aromatic nitrogens is 2.